The third-order valence-electron chi connectivity index (χ3n) is 1.51. The SMILES string of the molecule is COCC([P-2])c1ccccc1.[Na+].[Na+]. The number of benzene rings is 1. The molecule has 1 aromatic carbocycles. The molecule has 0 aliphatic rings. The Balaban J connectivity index is 0. The Morgan fingerprint density at radius 1 is 1.23 bits per heavy atom. The predicted molar refractivity (Wildman–Crippen MR) is 48.0 cm³/mol. The first-order valence-corrected chi connectivity index (χ1v) is 4.08. The molecule has 0 radical (unpaired) electrons. The topological polar surface area (TPSA) is 9.23 Å². The third kappa shape index (κ3) is 6.65. The van der Waals surface area contributed by atoms with Crippen LogP contribution in [0.3, 0.4) is 0 Å². The molecule has 0 saturated heterocycles. The summed E-state index contributed by atoms with van der Waals surface area (Å²) < 4.78 is 4.98. The van der Waals surface area contributed by atoms with Gasteiger partial charge in [-0.25, -0.2) is 0 Å². The molecule has 1 unspecified atom stereocenters. The molecule has 1 atom stereocenters. The van der Waals surface area contributed by atoms with E-state index in [2.05, 4.69) is 21.4 Å². The van der Waals surface area contributed by atoms with Gasteiger partial charge in [-0.1, -0.05) is 35.9 Å². The van der Waals surface area contributed by atoms with E-state index in [0.717, 1.165) is 0 Å². The molecule has 0 amide bonds. The van der Waals surface area contributed by atoms with Crippen molar-refractivity contribution in [2.45, 2.75) is 5.66 Å². The van der Waals surface area contributed by atoms with E-state index >= 15 is 0 Å². The first-order valence-electron chi connectivity index (χ1n) is 3.56. The second-order valence-electron chi connectivity index (χ2n) is 2.38. The molecule has 0 N–H and O–H groups in total. The summed E-state index contributed by atoms with van der Waals surface area (Å²) >= 11 is 0. The Hall–Kier alpha value is 1.61. The van der Waals surface area contributed by atoms with Crippen LogP contribution in [-0.2, 0) is 4.74 Å². The van der Waals surface area contributed by atoms with Crippen LogP contribution in [0.15, 0.2) is 30.3 Å². The fourth-order valence-electron chi connectivity index (χ4n) is 0.929. The summed E-state index contributed by atoms with van der Waals surface area (Å²) in [6.07, 6.45) is 0. The van der Waals surface area contributed by atoms with Gasteiger partial charge in [-0.2, -0.15) is 0 Å². The third-order valence-corrected chi connectivity index (χ3v) is 1.96. The first kappa shape index (κ1) is 17.0. The van der Waals surface area contributed by atoms with Crippen molar-refractivity contribution in [3.05, 3.63) is 35.9 Å². The van der Waals surface area contributed by atoms with E-state index in [-0.39, 0.29) is 64.8 Å². The van der Waals surface area contributed by atoms with Gasteiger partial charge in [0.25, 0.3) is 0 Å². The van der Waals surface area contributed by atoms with E-state index in [9.17, 15) is 0 Å². The van der Waals surface area contributed by atoms with Crippen molar-refractivity contribution < 1.29 is 63.9 Å². The van der Waals surface area contributed by atoms with Crippen molar-refractivity contribution in [2.24, 2.45) is 0 Å². The molecule has 0 spiro atoms. The minimum atomic E-state index is 0. The van der Waals surface area contributed by atoms with Crippen molar-refractivity contribution in [3.8, 4) is 0 Å². The molecule has 13 heavy (non-hydrogen) atoms. The standard InChI is InChI=1S/C9H11OP.2Na/c1-10-7-9(11)8-5-3-2-4-6-8;;/h2-6,9H,7H2,1H3;;/q-2;2*+1. The number of rotatable bonds is 3. The summed E-state index contributed by atoms with van der Waals surface area (Å²) in [5.74, 6) is 0. The van der Waals surface area contributed by atoms with Crippen LogP contribution in [0.2, 0.25) is 0 Å². The first-order chi connectivity index (χ1) is 5.34. The molecule has 0 fully saturated rings. The summed E-state index contributed by atoms with van der Waals surface area (Å²) in [6.45, 7) is 0.660. The molecule has 1 nitrogen and oxygen atoms in total. The van der Waals surface area contributed by atoms with Crippen molar-refractivity contribution in [1.82, 2.24) is 0 Å². The fourth-order valence-corrected chi connectivity index (χ4v) is 1.25. The largest absolute Gasteiger partial charge is 1.48 e. The van der Waals surface area contributed by atoms with Crippen LogP contribution >= 0.6 is 9.24 Å². The second-order valence-corrected chi connectivity index (χ2v) is 3.01. The van der Waals surface area contributed by atoms with Crippen LogP contribution in [0.25, 0.3) is 0 Å². The molecular weight excluding hydrogens is 201 g/mol. The van der Waals surface area contributed by atoms with Gasteiger partial charge in [0.05, 0.1) is 0 Å². The fraction of sp³-hybridized carbons (Fsp3) is 0.333. The monoisotopic (exact) mass is 212 g/mol. The van der Waals surface area contributed by atoms with Crippen molar-refractivity contribution in [2.75, 3.05) is 13.7 Å². The van der Waals surface area contributed by atoms with Gasteiger partial charge in [0.1, 0.15) is 0 Å². The normalized spacial score (nSPS) is 10.9. The zero-order valence-corrected chi connectivity index (χ0v) is 13.4. The zero-order valence-electron chi connectivity index (χ0n) is 8.53. The van der Waals surface area contributed by atoms with Crippen molar-refractivity contribution in [1.29, 1.82) is 0 Å². The minimum Gasteiger partial charge on any atom is -1.48 e. The summed E-state index contributed by atoms with van der Waals surface area (Å²) in [6, 6.07) is 10.1. The Bertz CT molecular complexity index is 206. The van der Waals surface area contributed by atoms with E-state index in [1.807, 2.05) is 18.2 Å². The van der Waals surface area contributed by atoms with Gasteiger partial charge in [-0.3, -0.25) is 0 Å². The molecular formula is C9H11Na2OP. The molecule has 0 bridgehead atoms. The maximum absolute atomic E-state index is 4.98. The molecule has 0 aliphatic heterocycles. The number of hydrogen-bond donors (Lipinski definition) is 0. The van der Waals surface area contributed by atoms with E-state index in [1.165, 1.54) is 5.56 Å². The number of hydrogen-bond acceptors (Lipinski definition) is 1. The van der Waals surface area contributed by atoms with E-state index in [1.54, 1.807) is 7.11 Å². The van der Waals surface area contributed by atoms with Gasteiger partial charge in [0, 0.05) is 13.7 Å². The predicted octanol–water partition coefficient (Wildman–Crippen LogP) is -3.21. The van der Waals surface area contributed by atoms with Crippen LogP contribution in [0.4, 0.5) is 0 Å². The van der Waals surface area contributed by atoms with Crippen LogP contribution in [-0.4, -0.2) is 13.7 Å². The molecule has 1 rings (SSSR count). The molecule has 4 heteroatoms. The van der Waals surface area contributed by atoms with E-state index < -0.39 is 0 Å². The van der Waals surface area contributed by atoms with E-state index in [0.29, 0.717) is 6.61 Å². The van der Waals surface area contributed by atoms with Gasteiger partial charge in [0.2, 0.25) is 0 Å². The molecule has 0 aromatic heterocycles. The number of ether oxygens (including phenoxy) is 1. The summed E-state index contributed by atoms with van der Waals surface area (Å²) in [5, 5.41) is 0. The molecule has 0 saturated carbocycles. The van der Waals surface area contributed by atoms with Gasteiger partial charge >= 0.3 is 59.1 Å². The van der Waals surface area contributed by atoms with Gasteiger partial charge in [-0.05, 0) is 0 Å². The molecule has 1 aromatic rings. The molecule has 0 heterocycles. The number of methoxy groups -OCH3 is 1. The summed E-state index contributed by atoms with van der Waals surface area (Å²) in [5.41, 5.74) is 1.40. The summed E-state index contributed by atoms with van der Waals surface area (Å²) in [7, 11) is 6.06. The smallest absolute Gasteiger partial charge is 1.00 e. The van der Waals surface area contributed by atoms with Crippen LogP contribution in [0.1, 0.15) is 11.2 Å². The van der Waals surface area contributed by atoms with Crippen molar-refractivity contribution in [3.63, 3.8) is 0 Å². The molecule has 0 aliphatic carbocycles. The quantitative estimate of drug-likeness (QED) is 0.378. The average molecular weight is 212 g/mol. The summed E-state index contributed by atoms with van der Waals surface area (Å²) in [4.78, 5) is 0. The van der Waals surface area contributed by atoms with Gasteiger partial charge < -0.3 is 19.6 Å². The Morgan fingerprint density at radius 3 is 2.23 bits per heavy atom. The maximum Gasteiger partial charge on any atom is 1.00 e. The Labute approximate surface area is 127 Å². The van der Waals surface area contributed by atoms with Gasteiger partial charge in [-0.15, -0.1) is 0 Å². The van der Waals surface area contributed by atoms with E-state index in [4.69, 9.17) is 4.74 Å². The second kappa shape index (κ2) is 10.1. The van der Waals surface area contributed by atoms with Gasteiger partial charge in [0.15, 0.2) is 0 Å². The van der Waals surface area contributed by atoms with Crippen molar-refractivity contribution >= 4 is 9.24 Å². The minimum absolute atomic E-state index is 0. The average Bonchev–Trinajstić information content (AvgIpc) is 2.07. The maximum atomic E-state index is 4.98. The Morgan fingerprint density at radius 2 is 1.77 bits per heavy atom. The molecule has 60 valence electrons. The van der Waals surface area contributed by atoms with Crippen LogP contribution < -0.4 is 59.1 Å². The Kier molecular flexibility index (Phi) is 13.3. The van der Waals surface area contributed by atoms with Crippen LogP contribution in [0.5, 0.6) is 0 Å². The van der Waals surface area contributed by atoms with Crippen LogP contribution in [0, 0.1) is 0 Å². The zero-order chi connectivity index (χ0) is 8.10.